The molecule has 2 amide bonds. The molecule has 0 bridgehead atoms. The first-order chi connectivity index (χ1) is 16.5. The van der Waals surface area contributed by atoms with E-state index in [2.05, 4.69) is 23.8 Å². The minimum atomic E-state index is -0.201. The first-order valence-corrected chi connectivity index (χ1v) is 12.1. The summed E-state index contributed by atoms with van der Waals surface area (Å²) >= 11 is 0. The third kappa shape index (κ3) is 6.36. The Kier molecular flexibility index (Phi) is 9.48. The predicted molar refractivity (Wildman–Crippen MR) is 134 cm³/mol. The van der Waals surface area contributed by atoms with Crippen LogP contribution in [0.2, 0.25) is 0 Å². The van der Waals surface area contributed by atoms with Crippen molar-refractivity contribution in [3.63, 3.8) is 0 Å². The van der Waals surface area contributed by atoms with Crippen LogP contribution in [0.5, 0.6) is 5.75 Å². The number of benzene rings is 1. The lowest BCUT2D eigenvalue weighted by molar-refractivity contribution is 0.00357. The van der Waals surface area contributed by atoms with Crippen molar-refractivity contribution in [2.45, 2.75) is 45.2 Å². The molecule has 7 nitrogen and oxygen atoms in total. The van der Waals surface area contributed by atoms with Gasteiger partial charge in [0.1, 0.15) is 5.75 Å². The highest BCUT2D eigenvalue weighted by atomic mass is 16.5. The summed E-state index contributed by atoms with van der Waals surface area (Å²) in [5, 5.41) is 6.51. The van der Waals surface area contributed by atoms with Gasteiger partial charge in [0.05, 0.1) is 31.4 Å². The van der Waals surface area contributed by atoms with E-state index in [0.29, 0.717) is 55.8 Å². The molecule has 1 heterocycles. The van der Waals surface area contributed by atoms with Gasteiger partial charge in [-0.1, -0.05) is 25.3 Å². The molecule has 1 unspecified atom stereocenters. The van der Waals surface area contributed by atoms with Gasteiger partial charge in [0.15, 0.2) is 0 Å². The van der Waals surface area contributed by atoms with Crippen LogP contribution < -0.4 is 15.4 Å². The van der Waals surface area contributed by atoms with Crippen LogP contribution in [0, 0.1) is 0 Å². The molecule has 34 heavy (non-hydrogen) atoms. The molecule has 7 heteroatoms. The quantitative estimate of drug-likeness (QED) is 0.487. The van der Waals surface area contributed by atoms with Gasteiger partial charge in [-0.2, -0.15) is 0 Å². The molecule has 0 radical (unpaired) electrons. The van der Waals surface area contributed by atoms with E-state index in [9.17, 15) is 9.59 Å². The van der Waals surface area contributed by atoms with Crippen LogP contribution in [0.3, 0.4) is 0 Å². The van der Waals surface area contributed by atoms with Crippen molar-refractivity contribution in [3.05, 3.63) is 65.8 Å². The molecular weight excluding hydrogens is 430 g/mol. The highest BCUT2D eigenvalue weighted by Crippen LogP contribution is 2.27. The second kappa shape index (κ2) is 12.5. The maximum atomic E-state index is 13.0. The molecule has 0 aromatic heterocycles. The Balaban J connectivity index is 1.51. The van der Waals surface area contributed by atoms with Gasteiger partial charge in [-0.25, -0.2) is 0 Å². The summed E-state index contributed by atoms with van der Waals surface area (Å²) in [5.74, 6) is 0.152. The number of nitrogens with one attached hydrogen (secondary N) is 2. The average molecular weight is 468 g/mol. The average Bonchev–Trinajstić information content (AvgIpc) is 3.26. The molecule has 1 aliphatic heterocycles. The lowest BCUT2D eigenvalue weighted by Gasteiger charge is -2.33. The van der Waals surface area contributed by atoms with Crippen molar-refractivity contribution in [2.75, 3.05) is 39.5 Å². The molecule has 1 atom stereocenters. The molecule has 2 N–H and O–H groups in total. The van der Waals surface area contributed by atoms with Crippen LogP contribution in [0.4, 0.5) is 0 Å². The maximum absolute atomic E-state index is 13.0. The van der Waals surface area contributed by atoms with E-state index in [1.54, 1.807) is 23.1 Å². The summed E-state index contributed by atoms with van der Waals surface area (Å²) in [6, 6.07) is 5.45. The molecule has 0 saturated carbocycles. The fourth-order valence-electron chi connectivity index (χ4n) is 4.44. The number of hydrogen-bond donors (Lipinski definition) is 2. The number of rotatable bonds is 11. The third-order valence-corrected chi connectivity index (χ3v) is 6.31. The molecule has 1 aliphatic carbocycles. The topological polar surface area (TPSA) is 79.9 Å². The molecule has 1 aromatic rings. The van der Waals surface area contributed by atoms with Gasteiger partial charge in [-0.15, -0.1) is 0 Å². The lowest BCUT2D eigenvalue weighted by atomic mass is 10.1. The number of morpholine rings is 1. The fourth-order valence-corrected chi connectivity index (χ4v) is 4.44. The van der Waals surface area contributed by atoms with Crippen LogP contribution >= 0.6 is 0 Å². The largest absolute Gasteiger partial charge is 0.493 e. The molecule has 1 fully saturated rings. The van der Waals surface area contributed by atoms with Gasteiger partial charge in [0, 0.05) is 24.7 Å². The van der Waals surface area contributed by atoms with Crippen molar-refractivity contribution in [1.82, 2.24) is 15.5 Å². The molecule has 1 saturated heterocycles. The standard InChI is InChI=1S/C27H37N3O4/c1-5-20-15-23(16-21(20)6-2)28-11-8-12-29-26(31)24-10-9-22(17-25(24)34-7-3)27(32)30-13-14-33-18-19(30)4/h5-6,9-10,17,19,23,28H,1-2,7-8,11-16,18H2,3-4H3,(H,29,31). The van der Waals surface area contributed by atoms with Crippen molar-refractivity contribution in [1.29, 1.82) is 0 Å². The minimum Gasteiger partial charge on any atom is -0.493 e. The Hall–Kier alpha value is -2.90. The Morgan fingerprint density at radius 2 is 1.94 bits per heavy atom. The maximum Gasteiger partial charge on any atom is 0.255 e. The Bertz CT molecular complexity index is 920. The summed E-state index contributed by atoms with van der Waals surface area (Å²) in [5.41, 5.74) is 3.47. The normalized spacial score (nSPS) is 18.6. The Morgan fingerprint density at radius 1 is 1.21 bits per heavy atom. The number of carbonyl (C=O) groups is 2. The number of carbonyl (C=O) groups excluding carboxylic acids is 2. The number of ether oxygens (including phenoxy) is 2. The van der Waals surface area contributed by atoms with E-state index in [4.69, 9.17) is 9.47 Å². The molecule has 0 spiro atoms. The van der Waals surface area contributed by atoms with Crippen LogP contribution in [0.25, 0.3) is 0 Å². The van der Waals surface area contributed by atoms with E-state index < -0.39 is 0 Å². The van der Waals surface area contributed by atoms with Gasteiger partial charge in [-0.05, 0) is 69.0 Å². The van der Waals surface area contributed by atoms with E-state index in [-0.39, 0.29) is 17.9 Å². The molecular formula is C27H37N3O4. The minimum absolute atomic E-state index is 0.0140. The zero-order chi connectivity index (χ0) is 24.5. The second-order valence-corrected chi connectivity index (χ2v) is 8.69. The molecule has 184 valence electrons. The van der Waals surface area contributed by atoms with Crippen LogP contribution in [-0.4, -0.2) is 68.3 Å². The van der Waals surface area contributed by atoms with E-state index >= 15 is 0 Å². The van der Waals surface area contributed by atoms with E-state index in [0.717, 1.165) is 25.8 Å². The Morgan fingerprint density at radius 3 is 2.59 bits per heavy atom. The highest BCUT2D eigenvalue weighted by Gasteiger charge is 2.26. The lowest BCUT2D eigenvalue weighted by Crippen LogP contribution is -2.47. The zero-order valence-corrected chi connectivity index (χ0v) is 20.4. The summed E-state index contributed by atoms with van der Waals surface area (Å²) in [6.45, 7) is 15.0. The number of amides is 2. The summed E-state index contributed by atoms with van der Waals surface area (Å²) in [4.78, 5) is 27.6. The van der Waals surface area contributed by atoms with Crippen molar-refractivity contribution in [3.8, 4) is 5.75 Å². The van der Waals surface area contributed by atoms with Crippen LogP contribution in [-0.2, 0) is 4.74 Å². The SMILES string of the molecule is C=CC1=C(C=C)CC(NCCCNC(=O)c2ccc(C(=O)N3CCOCC3C)cc2OCC)C1. The van der Waals surface area contributed by atoms with Gasteiger partial charge < -0.3 is 25.0 Å². The molecule has 2 aliphatic rings. The number of allylic oxidation sites excluding steroid dienone is 2. The van der Waals surface area contributed by atoms with E-state index in [1.165, 1.54) is 11.1 Å². The van der Waals surface area contributed by atoms with E-state index in [1.807, 2.05) is 26.0 Å². The second-order valence-electron chi connectivity index (χ2n) is 8.69. The third-order valence-electron chi connectivity index (χ3n) is 6.31. The monoisotopic (exact) mass is 467 g/mol. The predicted octanol–water partition coefficient (Wildman–Crippen LogP) is 3.49. The number of nitrogens with zero attached hydrogens (tertiary/aromatic N) is 1. The van der Waals surface area contributed by atoms with Crippen molar-refractivity contribution in [2.24, 2.45) is 0 Å². The van der Waals surface area contributed by atoms with Crippen molar-refractivity contribution < 1.29 is 19.1 Å². The van der Waals surface area contributed by atoms with Crippen LogP contribution in [0.1, 0.15) is 53.8 Å². The number of hydrogen-bond acceptors (Lipinski definition) is 5. The van der Waals surface area contributed by atoms with Gasteiger partial charge in [0.2, 0.25) is 0 Å². The van der Waals surface area contributed by atoms with Gasteiger partial charge >= 0.3 is 0 Å². The van der Waals surface area contributed by atoms with Gasteiger partial charge in [-0.3, -0.25) is 9.59 Å². The van der Waals surface area contributed by atoms with Crippen LogP contribution in [0.15, 0.2) is 54.7 Å². The molecule has 1 aromatic carbocycles. The van der Waals surface area contributed by atoms with Crippen molar-refractivity contribution >= 4 is 11.8 Å². The van der Waals surface area contributed by atoms with Gasteiger partial charge in [0.25, 0.3) is 11.8 Å². The summed E-state index contributed by atoms with van der Waals surface area (Å²) < 4.78 is 11.1. The summed E-state index contributed by atoms with van der Waals surface area (Å²) in [6.07, 6.45) is 6.56. The summed E-state index contributed by atoms with van der Waals surface area (Å²) in [7, 11) is 0. The zero-order valence-electron chi connectivity index (χ0n) is 20.4. The first kappa shape index (κ1) is 25.7. The first-order valence-electron chi connectivity index (χ1n) is 12.1. The Labute approximate surface area is 202 Å². The highest BCUT2D eigenvalue weighted by molar-refractivity contribution is 6.00. The molecule has 3 rings (SSSR count). The smallest absolute Gasteiger partial charge is 0.255 e. The fraction of sp³-hybridized carbons (Fsp3) is 0.481.